The second kappa shape index (κ2) is 12.7. The minimum absolute atomic E-state index is 0.0527. The highest BCUT2D eigenvalue weighted by Crippen LogP contribution is 2.25. The Morgan fingerprint density at radius 2 is 1.47 bits per heavy atom. The van der Waals surface area contributed by atoms with Crippen LogP contribution in [0.3, 0.4) is 0 Å². The van der Waals surface area contributed by atoms with E-state index in [4.69, 9.17) is 0 Å². The van der Waals surface area contributed by atoms with Crippen molar-refractivity contribution in [2.75, 3.05) is 10.8 Å². The molecule has 2 amide bonds. The smallest absolute Gasteiger partial charge is 0.264 e. The first-order valence-corrected chi connectivity index (χ1v) is 14.3. The maximum Gasteiger partial charge on any atom is 0.264 e. The summed E-state index contributed by atoms with van der Waals surface area (Å²) in [5.74, 6) is -0.756. The molecule has 0 aromatic heterocycles. The Morgan fingerprint density at radius 3 is 2.08 bits per heavy atom. The van der Waals surface area contributed by atoms with E-state index in [1.165, 1.54) is 4.90 Å². The molecule has 8 heteroatoms. The second-order valence-electron chi connectivity index (χ2n) is 9.60. The van der Waals surface area contributed by atoms with Gasteiger partial charge in [0.2, 0.25) is 11.8 Å². The number of nitrogens with one attached hydrogen (secondary N) is 1. The normalized spacial score (nSPS) is 12.9. The number of hydrogen-bond donors (Lipinski definition) is 1. The van der Waals surface area contributed by atoms with Gasteiger partial charge in [-0.25, -0.2) is 8.42 Å². The van der Waals surface area contributed by atoms with Gasteiger partial charge in [0.15, 0.2) is 0 Å². The van der Waals surface area contributed by atoms with Gasteiger partial charge in [0.25, 0.3) is 10.0 Å². The van der Waals surface area contributed by atoms with Crippen LogP contribution in [0.25, 0.3) is 0 Å². The van der Waals surface area contributed by atoms with E-state index in [9.17, 15) is 18.0 Å². The predicted octanol–water partition coefficient (Wildman–Crippen LogP) is 4.83. The molecule has 0 aliphatic heterocycles. The van der Waals surface area contributed by atoms with Crippen LogP contribution >= 0.6 is 0 Å². The van der Waals surface area contributed by atoms with Gasteiger partial charge in [-0.3, -0.25) is 13.9 Å². The van der Waals surface area contributed by atoms with Gasteiger partial charge in [-0.2, -0.15) is 0 Å². The van der Waals surface area contributed by atoms with Crippen molar-refractivity contribution in [2.24, 2.45) is 0 Å². The Bertz CT molecular complexity index is 1340. The van der Waals surface area contributed by atoms with Gasteiger partial charge in [0.05, 0.1) is 10.6 Å². The van der Waals surface area contributed by atoms with E-state index in [1.807, 2.05) is 52.0 Å². The van der Waals surface area contributed by atoms with Gasteiger partial charge in [-0.1, -0.05) is 67.1 Å². The fourth-order valence-electron chi connectivity index (χ4n) is 3.98. The SMILES string of the molecule is CCC(C)NC(=O)C(C)N(Cc1ccccc1C)C(=O)CN(c1ccccc1)S(=O)(=O)c1ccc(C)cc1. The largest absolute Gasteiger partial charge is 0.352 e. The minimum Gasteiger partial charge on any atom is -0.352 e. The summed E-state index contributed by atoms with van der Waals surface area (Å²) < 4.78 is 28.7. The lowest BCUT2D eigenvalue weighted by Gasteiger charge is -2.32. The van der Waals surface area contributed by atoms with Crippen LogP contribution in [0.2, 0.25) is 0 Å². The van der Waals surface area contributed by atoms with E-state index in [-0.39, 0.29) is 23.4 Å². The van der Waals surface area contributed by atoms with Gasteiger partial charge in [0, 0.05) is 12.6 Å². The molecule has 0 radical (unpaired) electrons. The molecule has 38 heavy (non-hydrogen) atoms. The van der Waals surface area contributed by atoms with Crippen LogP contribution < -0.4 is 9.62 Å². The molecule has 0 aliphatic rings. The number of rotatable bonds is 11. The third-order valence-corrected chi connectivity index (χ3v) is 8.49. The molecule has 7 nitrogen and oxygen atoms in total. The number of sulfonamides is 1. The van der Waals surface area contributed by atoms with Gasteiger partial charge < -0.3 is 10.2 Å². The van der Waals surface area contributed by atoms with E-state index in [1.54, 1.807) is 61.5 Å². The second-order valence-corrected chi connectivity index (χ2v) is 11.5. The highest BCUT2D eigenvalue weighted by Gasteiger charge is 2.32. The van der Waals surface area contributed by atoms with Gasteiger partial charge in [-0.15, -0.1) is 0 Å². The molecule has 0 saturated carbocycles. The van der Waals surface area contributed by atoms with E-state index in [0.29, 0.717) is 5.69 Å². The highest BCUT2D eigenvalue weighted by atomic mass is 32.2. The van der Waals surface area contributed by atoms with Crippen molar-refractivity contribution < 1.29 is 18.0 Å². The van der Waals surface area contributed by atoms with Crippen molar-refractivity contribution in [1.82, 2.24) is 10.2 Å². The summed E-state index contributed by atoms with van der Waals surface area (Å²) >= 11 is 0. The third-order valence-electron chi connectivity index (χ3n) is 6.70. The number of carbonyl (C=O) groups excluding carboxylic acids is 2. The Hall–Kier alpha value is -3.65. The third kappa shape index (κ3) is 7.01. The zero-order valence-corrected chi connectivity index (χ0v) is 23.5. The van der Waals surface area contributed by atoms with Crippen LogP contribution in [0.1, 0.15) is 43.9 Å². The lowest BCUT2D eigenvalue weighted by atomic mass is 10.1. The summed E-state index contributed by atoms with van der Waals surface area (Å²) in [6.07, 6.45) is 0.751. The molecule has 3 aromatic carbocycles. The molecule has 202 valence electrons. The number of carbonyl (C=O) groups is 2. The average Bonchev–Trinajstić information content (AvgIpc) is 2.91. The molecule has 1 N–H and O–H groups in total. The Morgan fingerprint density at radius 1 is 0.868 bits per heavy atom. The van der Waals surface area contributed by atoms with Crippen molar-refractivity contribution in [3.8, 4) is 0 Å². The zero-order valence-electron chi connectivity index (χ0n) is 22.7. The summed E-state index contributed by atoms with van der Waals surface area (Å²) in [6, 6.07) is 21.9. The van der Waals surface area contributed by atoms with Gasteiger partial charge >= 0.3 is 0 Å². The number of hydrogen-bond acceptors (Lipinski definition) is 4. The Balaban J connectivity index is 2.01. The summed E-state index contributed by atoms with van der Waals surface area (Å²) in [5, 5.41) is 2.95. The molecule has 3 aromatic rings. The number of nitrogens with zero attached hydrogens (tertiary/aromatic N) is 2. The van der Waals surface area contributed by atoms with E-state index < -0.39 is 28.5 Å². The maximum absolute atomic E-state index is 13.9. The molecule has 0 bridgehead atoms. The summed E-state index contributed by atoms with van der Waals surface area (Å²) in [5.41, 5.74) is 3.16. The molecule has 0 spiro atoms. The van der Waals surface area contributed by atoms with E-state index >= 15 is 0 Å². The van der Waals surface area contributed by atoms with Crippen LogP contribution in [-0.4, -0.2) is 43.8 Å². The summed E-state index contributed by atoms with van der Waals surface area (Å²) in [4.78, 5) is 28.6. The first kappa shape index (κ1) is 28.9. The molecule has 2 atom stereocenters. The molecular formula is C30H37N3O4S. The lowest BCUT2D eigenvalue weighted by molar-refractivity contribution is -0.139. The summed E-state index contributed by atoms with van der Waals surface area (Å²) in [7, 11) is -4.06. The zero-order chi connectivity index (χ0) is 27.9. The Kier molecular flexibility index (Phi) is 9.69. The quantitative estimate of drug-likeness (QED) is 0.381. The monoisotopic (exact) mass is 535 g/mol. The molecule has 0 aliphatic carbocycles. The molecular weight excluding hydrogens is 498 g/mol. The minimum atomic E-state index is -4.06. The molecule has 0 heterocycles. The number of aryl methyl sites for hydroxylation is 2. The molecule has 0 saturated heterocycles. The van der Waals surface area contributed by atoms with E-state index in [2.05, 4.69) is 5.32 Å². The molecule has 2 unspecified atom stereocenters. The standard InChI is InChI=1S/C30H37N3O4S/c1-6-24(4)31-30(35)25(5)32(20-26-13-11-10-12-23(26)3)29(34)21-33(27-14-8-7-9-15-27)38(36,37)28-18-16-22(2)17-19-28/h7-19,24-25H,6,20-21H2,1-5H3,(H,31,35). The van der Waals surface area contributed by atoms with Crippen molar-refractivity contribution in [3.63, 3.8) is 0 Å². The fraction of sp³-hybridized carbons (Fsp3) is 0.333. The van der Waals surface area contributed by atoms with Crippen LogP contribution in [0.15, 0.2) is 83.8 Å². The number of anilines is 1. The first-order valence-electron chi connectivity index (χ1n) is 12.8. The van der Waals surface area contributed by atoms with Crippen molar-refractivity contribution >= 4 is 27.5 Å². The Labute approximate surface area is 226 Å². The maximum atomic E-state index is 13.9. The average molecular weight is 536 g/mol. The van der Waals surface area contributed by atoms with Crippen molar-refractivity contribution in [2.45, 2.75) is 64.6 Å². The fourth-order valence-corrected chi connectivity index (χ4v) is 5.39. The van der Waals surface area contributed by atoms with Crippen LogP contribution in [0, 0.1) is 13.8 Å². The van der Waals surface area contributed by atoms with E-state index in [0.717, 1.165) is 27.4 Å². The van der Waals surface area contributed by atoms with Crippen molar-refractivity contribution in [3.05, 3.63) is 95.6 Å². The van der Waals surface area contributed by atoms with Crippen LogP contribution in [0.5, 0.6) is 0 Å². The lowest BCUT2D eigenvalue weighted by Crippen LogP contribution is -2.52. The topological polar surface area (TPSA) is 86.8 Å². The molecule has 3 rings (SSSR count). The van der Waals surface area contributed by atoms with Gasteiger partial charge in [0.1, 0.15) is 12.6 Å². The number of amides is 2. The highest BCUT2D eigenvalue weighted by molar-refractivity contribution is 7.92. The number of para-hydroxylation sites is 1. The van der Waals surface area contributed by atoms with Gasteiger partial charge in [-0.05, 0) is 69.5 Å². The molecule has 0 fully saturated rings. The van der Waals surface area contributed by atoms with Crippen LogP contribution in [0.4, 0.5) is 5.69 Å². The predicted molar refractivity (Wildman–Crippen MR) is 151 cm³/mol. The van der Waals surface area contributed by atoms with Crippen molar-refractivity contribution in [1.29, 1.82) is 0 Å². The summed E-state index contributed by atoms with van der Waals surface area (Å²) in [6.45, 7) is 9.10. The number of benzene rings is 3. The van der Waals surface area contributed by atoms with Crippen LogP contribution in [-0.2, 0) is 26.2 Å². The first-order chi connectivity index (χ1) is 18.0.